The third kappa shape index (κ3) is 4.11. The van der Waals surface area contributed by atoms with Gasteiger partial charge in [-0.3, -0.25) is 13.9 Å². The van der Waals surface area contributed by atoms with E-state index in [9.17, 15) is 9.59 Å². The molecule has 0 saturated heterocycles. The number of amides is 1. The van der Waals surface area contributed by atoms with Gasteiger partial charge in [0.05, 0.1) is 30.9 Å². The summed E-state index contributed by atoms with van der Waals surface area (Å²) in [5.41, 5.74) is 3.11. The van der Waals surface area contributed by atoms with Gasteiger partial charge >= 0.3 is 5.69 Å². The molecule has 0 aliphatic carbocycles. The number of imidazole rings is 1. The van der Waals surface area contributed by atoms with Crippen LogP contribution in [0.15, 0.2) is 52.6 Å². The number of nitrogens with one attached hydrogen (secondary N) is 1. The number of ether oxygens (including phenoxy) is 2. The first-order valence-corrected chi connectivity index (χ1v) is 11.1. The maximum Gasteiger partial charge on any atom is 0.329 e. The van der Waals surface area contributed by atoms with E-state index in [1.165, 1.54) is 11.3 Å². The van der Waals surface area contributed by atoms with E-state index in [0.717, 1.165) is 16.6 Å². The van der Waals surface area contributed by atoms with E-state index >= 15 is 0 Å². The monoisotopic (exact) mass is 452 g/mol. The fourth-order valence-electron chi connectivity index (χ4n) is 3.65. The zero-order chi connectivity index (χ0) is 22.7. The van der Waals surface area contributed by atoms with Crippen LogP contribution in [0.25, 0.3) is 22.3 Å². The predicted octanol–water partition coefficient (Wildman–Crippen LogP) is 3.99. The van der Waals surface area contributed by atoms with E-state index in [1.807, 2.05) is 48.7 Å². The number of nitrogens with zero attached hydrogens (tertiary/aromatic N) is 3. The summed E-state index contributed by atoms with van der Waals surface area (Å²) in [6.07, 6.45) is 0.165. The molecule has 0 spiro atoms. The summed E-state index contributed by atoms with van der Waals surface area (Å²) in [6, 6.07) is 13.1. The molecule has 1 N–H and O–H groups in total. The van der Waals surface area contributed by atoms with Crippen LogP contribution in [0.2, 0.25) is 0 Å². The minimum Gasteiger partial charge on any atom is -0.497 e. The quantitative estimate of drug-likeness (QED) is 0.437. The number of anilines is 1. The molecule has 2 aromatic heterocycles. The lowest BCUT2D eigenvalue weighted by Gasteiger charge is -2.08. The molecular formula is C23H24N4O4S. The summed E-state index contributed by atoms with van der Waals surface area (Å²) in [6.45, 7) is 2.81. The average molecular weight is 453 g/mol. The van der Waals surface area contributed by atoms with Crippen molar-refractivity contribution in [3.05, 3.63) is 58.3 Å². The normalized spacial score (nSPS) is 11.0. The second kappa shape index (κ2) is 9.27. The van der Waals surface area contributed by atoms with Crippen molar-refractivity contribution in [3.8, 4) is 22.8 Å². The average Bonchev–Trinajstić information content (AvgIpc) is 3.38. The highest BCUT2D eigenvalue weighted by molar-refractivity contribution is 7.14. The van der Waals surface area contributed by atoms with E-state index in [0.29, 0.717) is 35.4 Å². The van der Waals surface area contributed by atoms with Crippen LogP contribution in [0.4, 0.5) is 5.13 Å². The van der Waals surface area contributed by atoms with Crippen molar-refractivity contribution in [3.63, 3.8) is 0 Å². The van der Waals surface area contributed by atoms with Crippen molar-refractivity contribution in [2.75, 3.05) is 19.5 Å². The van der Waals surface area contributed by atoms with Crippen molar-refractivity contribution in [2.24, 2.45) is 0 Å². The first kappa shape index (κ1) is 21.6. The maximum absolute atomic E-state index is 12.7. The fraction of sp³-hybridized carbons (Fsp3) is 0.261. The van der Waals surface area contributed by atoms with Gasteiger partial charge in [-0.25, -0.2) is 9.78 Å². The van der Waals surface area contributed by atoms with Gasteiger partial charge in [0.1, 0.15) is 11.5 Å². The van der Waals surface area contributed by atoms with E-state index < -0.39 is 0 Å². The van der Waals surface area contributed by atoms with Crippen molar-refractivity contribution in [1.29, 1.82) is 0 Å². The molecule has 0 aliphatic heterocycles. The smallest absolute Gasteiger partial charge is 0.329 e. The molecule has 0 saturated carbocycles. The summed E-state index contributed by atoms with van der Waals surface area (Å²) in [7, 11) is 3.18. The number of thiazole rings is 1. The van der Waals surface area contributed by atoms with E-state index in [4.69, 9.17) is 9.47 Å². The SMILES string of the molecule is CCn1c(=O)n(CCC(=O)Nc2nc(-c3ccc(OC)cc3OC)cs2)c2ccccc21. The van der Waals surface area contributed by atoms with Crippen LogP contribution in [0.5, 0.6) is 11.5 Å². The number of benzene rings is 2. The fourth-order valence-corrected chi connectivity index (χ4v) is 4.38. The number of fused-ring (bicyclic) bond motifs is 1. The summed E-state index contributed by atoms with van der Waals surface area (Å²) >= 11 is 1.33. The molecule has 2 heterocycles. The summed E-state index contributed by atoms with van der Waals surface area (Å²) in [4.78, 5) is 29.8. The topological polar surface area (TPSA) is 87.4 Å². The Kier molecular flexibility index (Phi) is 6.27. The molecule has 9 heteroatoms. The van der Waals surface area contributed by atoms with E-state index in [-0.39, 0.29) is 18.0 Å². The summed E-state index contributed by atoms with van der Waals surface area (Å²) in [5, 5.41) is 5.18. The number of rotatable bonds is 8. The van der Waals surface area contributed by atoms with Gasteiger partial charge in [0, 0.05) is 36.5 Å². The minimum absolute atomic E-state index is 0.107. The van der Waals surface area contributed by atoms with Gasteiger partial charge in [-0.1, -0.05) is 12.1 Å². The van der Waals surface area contributed by atoms with Crippen molar-refractivity contribution in [1.82, 2.24) is 14.1 Å². The molecule has 0 aliphatic rings. The van der Waals surface area contributed by atoms with Crippen LogP contribution >= 0.6 is 11.3 Å². The van der Waals surface area contributed by atoms with Crippen LogP contribution in [-0.2, 0) is 17.9 Å². The van der Waals surface area contributed by atoms with Gasteiger partial charge in [0.2, 0.25) is 5.91 Å². The van der Waals surface area contributed by atoms with Crippen molar-refractivity contribution < 1.29 is 14.3 Å². The number of carbonyl (C=O) groups excluding carboxylic acids is 1. The van der Waals surface area contributed by atoms with Crippen LogP contribution in [0, 0.1) is 0 Å². The lowest BCUT2D eigenvalue weighted by Crippen LogP contribution is -2.25. The Morgan fingerprint density at radius 3 is 2.53 bits per heavy atom. The van der Waals surface area contributed by atoms with Gasteiger partial charge in [-0.2, -0.15) is 0 Å². The third-order valence-electron chi connectivity index (χ3n) is 5.24. The molecule has 4 aromatic rings. The highest BCUT2D eigenvalue weighted by Crippen LogP contribution is 2.34. The molecular weight excluding hydrogens is 428 g/mol. The standard InChI is InChI=1S/C23H24N4O4S/c1-4-26-18-7-5-6-8-19(18)27(23(26)29)12-11-21(28)25-22-24-17(14-32-22)16-10-9-15(30-2)13-20(16)31-3/h5-10,13-14H,4,11-12H2,1-3H3,(H,24,25,28). The number of hydrogen-bond acceptors (Lipinski definition) is 6. The lowest BCUT2D eigenvalue weighted by molar-refractivity contribution is -0.116. The Hall–Kier alpha value is -3.59. The lowest BCUT2D eigenvalue weighted by atomic mass is 10.1. The van der Waals surface area contributed by atoms with Gasteiger partial charge in [-0.15, -0.1) is 11.3 Å². The molecule has 4 rings (SSSR count). The first-order valence-electron chi connectivity index (χ1n) is 10.2. The predicted molar refractivity (Wildman–Crippen MR) is 126 cm³/mol. The van der Waals surface area contributed by atoms with Gasteiger partial charge < -0.3 is 14.8 Å². The van der Waals surface area contributed by atoms with E-state index in [1.54, 1.807) is 29.4 Å². The van der Waals surface area contributed by atoms with Crippen LogP contribution in [0.3, 0.4) is 0 Å². The van der Waals surface area contributed by atoms with Gasteiger partial charge in [-0.05, 0) is 31.2 Å². The molecule has 0 radical (unpaired) electrons. The number of para-hydroxylation sites is 2. The third-order valence-corrected chi connectivity index (χ3v) is 6.00. The number of aromatic nitrogens is 3. The van der Waals surface area contributed by atoms with Crippen LogP contribution < -0.4 is 20.5 Å². The Bertz CT molecular complexity index is 1320. The maximum atomic E-state index is 12.7. The molecule has 32 heavy (non-hydrogen) atoms. The molecule has 1 amide bonds. The molecule has 0 atom stereocenters. The van der Waals surface area contributed by atoms with Crippen molar-refractivity contribution >= 4 is 33.4 Å². The number of hydrogen-bond donors (Lipinski definition) is 1. The molecule has 8 nitrogen and oxygen atoms in total. The van der Waals surface area contributed by atoms with Crippen LogP contribution in [-0.4, -0.2) is 34.2 Å². The van der Waals surface area contributed by atoms with Crippen LogP contribution in [0.1, 0.15) is 13.3 Å². The molecule has 0 unspecified atom stereocenters. The number of aryl methyl sites for hydroxylation is 2. The van der Waals surface area contributed by atoms with E-state index in [2.05, 4.69) is 10.3 Å². The highest BCUT2D eigenvalue weighted by atomic mass is 32.1. The molecule has 2 aromatic carbocycles. The highest BCUT2D eigenvalue weighted by Gasteiger charge is 2.15. The Morgan fingerprint density at radius 1 is 1.09 bits per heavy atom. The molecule has 0 bridgehead atoms. The second-order valence-corrected chi connectivity index (χ2v) is 7.93. The second-order valence-electron chi connectivity index (χ2n) is 7.07. The largest absolute Gasteiger partial charge is 0.497 e. The molecule has 166 valence electrons. The molecule has 0 fully saturated rings. The van der Waals surface area contributed by atoms with Gasteiger partial charge in [0.15, 0.2) is 5.13 Å². The summed E-state index contributed by atoms with van der Waals surface area (Å²) < 4.78 is 14.0. The minimum atomic E-state index is -0.201. The van der Waals surface area contributed by atoms with Gasteiger partial charge in [0.25, 0.3) is 0 Å². The Morgan fingerprint density at radius 2 is 1.84 bits per heavy atom. The Labute approximate surface area is 189 Å². The number of carbonyl (C=O) groups is 1. The first-order chi connectivity index (χ1) is 15.5. The zero-order valence-corrected chi connectivity index (χ0v) is 18.9. The summed E-state index contributed by atoms with van der Waals surface area (Å²) in [5.74, 6) is 1.13. The van der Waals surface area contributed by atoms with Crippen molar-refractivity contribution in [2.45, 2.75) is 26.4 Å². The number of methoxy groups -OCH3 is 2. The zero-order valence-electron chi connectivity index (χ0n) is 18.1. The Balaban J connectivity index is 1.47.